The molecule has 7 nitrogen and oxygen atoms in total. The normalized spacial score (nSPS) is 31.1. The summed E-state index contributed by atoms with van der Waals surface area (Å²) in [4.78, 5) is 15.4. The molecule has 4 atom stereocenters. The van der Waals surface area contributed by atoms with Crippen molar-refractivity contribution in [1.82, 2.24) is 4.72 Å². The molecule has 0 unspecified atom stereocenters. The van der Waals surface area contributed by atoms with Gasteiger partial charge in [0.2, 0.25) is 10.0 Å². The van der Waals surface area contributed by atoms with Gasteiger partial charge in [-0.05, 0) is 98.2 Å². The van der Waals surface area contributed by atoms with Crippen LogP contribution < -0.4 is 14.4 Å². The summed E-state index contributed by atoms with van der Waals surface area (Å²) in [5.74, 6) is 0.355. The second-order valence-corrected chi connectivity index (χ2v) is 13.9. The van der Waals surface area contributed by atoms with Crippen LogP contribution in [0, 0.1) is 11.8 Å². The molecule has 2 aliphatic carbocycles. The number of aliphatic hydroxyl groups is 1. The molecule has 1 spiro atoms. The number of anilines is 1. The Kier molecular flexibility index (Phi) is 7.14. The molecule has 2 heterocycles. The van der Waals surface area contributed by atoms with E-state index in [0.717, 1.165) is 49.4 Å². The van der Waals surface area contributed by atoms with Gasteiger partial charge in [0, 0.05) is 29.1 Å². The van der Waals surface area contributed by atoms with E-state index in [1.54, 1.807) is 24.3 Å². The highest BCUT2D eigenvalue weighted by molar-refractivity contribution is 7.90. The fraction of sp³-hybridized carbons (Fsp3) is 0.500. The third-order valence-electron chi connectivity index (χ3n) is 9.07. The quantitative estimate of drug-likeness (QED) is 0.449. The zero-order valence-corrected chi connectivity index (χ0v) is 23.5. The number of halogens is 1. The van der Waals surface area contributed by atoms with Gasteiger partial charge in [-0.3, -0.25) is 4.79 Å². The summed E-state index contributed by atoms with van der Waals surface area (Å²) in [6.07, 6.45) is 8.95. The maximum atomic E-state index is 13.0. The van der Waals surface area contributed by atoms with E-state index in [-0.39, 0.29) is 29.1 Å². The summed E-state index contributed by atoms with van der Waals surface area (Å²) in [6.45, 7) is 1.94. The molecule has 39 heavy (non-hydrogen) atoms. The topological polar surface area (TPSA) is 95.9 Å². The highest BCUT2D eigenvalue weighted by Gasteiger charge is 2.44. The predicted molar refractivity (Wildman–Crippen MR) is 152 cm³/mol. The Morgan fingerprint density at radius 3 is 2.82 bits per heavy atom. The van der Waals surface area contributed by atoms with Crippen LogP contribution in [0.15, 0.2) is 48.6 Å². The monoisotopic (exact) mass is 570 g/mol. The maximum absolute atomic E-state index is 13.0. The third kappa shape index (κ3) is 5.31. The van der Waals surface area contributed by atoms with Gasteiger partial charge in [-0.15, -0.1) is 0 Å². The molecule has 2 aromatic rings. The van der Waals surface area contributed by atoms with Gasteiger partial charge >= 0.3 is 0 Å². The number of aryl methyl sites for hydroxylation is 1. The number of allylic oxidation sites excluding steroid dienone is 1. The van der Waals surface area contributed by atoms with E-state index in [4.69, 9.17) is 16.3 Å². The first-order valence-electron chi connectivity index (χ1n) is 13.9. The number of fused-ring (bicyclic) bond motifs is 4. The van der Waals surface area contributed by atoms with Crippen molar-refractivity contribution >= 4 is 33.2 Å². The van der Waals surface area contributed by atoms with Crippen LogP contribution in [0.3, 0.4) is 0 Å². The molecule has 208 valence electrons. The van der Waals surface area contributed by atoms with E-state index in [1.165, 1.54) is 11.1 Å². The van der Waals surface area contributed by atoms with Gasteiger partial charge < -0.3 is 14.7 Å². The average Bonchev–Trinajstić information content (AvgIpc) is 3.02. The SMILES string of the molecule is O=C1NS(=O)(=O)CC/C=C/C[C@@H](O)[C@@H]2CC[C@H]2CN2C[C@@]3(CCCc4cc(Cl)ccc43)COc3ccc1cc32. The van der Waals surface area contributed by atoms with Gasteiger partial charge in [-0.2, -0.15) is 0 Å². The van der Waals surface area contributed by atoms with Crippen LogP contribution in [-0.2, 0) is 21.9 Å². The minimum atomic E-state index is -3.80. The van der Waals surface area contributed by atoms with E-state index < -0.39 is 22.0 Å². The molecular weight excluding hydrogens is 536 g/mol. The summed E-state index contributed by atoms with van der Waals surface area (Å²) in [7, 11) is -3.80. The van der Waals surface area contributed by atoms with Crippen LogP contribution in [0.1, 0.15) is 60.0 Å². The molecule has 0 aromatic heterocycles. The van der Waals surface area contributed by atoms with Gasteiger partial charge in [-0.1, -0.05) is 29.8 Å². The van der Waals surface area contributed by atoms with Crippen LogP contribution in [0.5, 0.6) is 5.75 Å². The second-order valence-electron chi connectivity index (χ2n) is 11.6. The Bertz CT molecular complexity index is 1410. The molecule has 0 saturated heterocycles. The molecule has 2 aliphatic heterocycles. The molecule has 1 saturated carbocycles. The largest absolute Gasteiger partial charge is 0.490 e. The number of sulfonamides is 1. The molecular formula is C30H35ClN2O5S. The number of ether oxygens (including phenoxy) is 1. The molecule has 4 aliphatic rings. The van der Waals surface area contributed by atoms with Crippen molar-refractivity contribution in [3.63, 3.8) is 0 Å². The highest BCUT2D eigenvalue weighted by Crippen LogP contribution is 2.46. The number of hydrogen-bond donors (Lipinski definition) is 2. The van der Waals surface area contributed by atoms with Crippen molar-refractivity contribution in [2.75, 3.05) is 30.3 Å². The number of carbonyl (C=O) groups is 1. The first-order chi connectivity index (χ1) is 18.7. The van der Waals surface area contributed by atoms with Crippen molar-refractivity contribution < 1.29 is 23.1 Å². The van der Waals surface area contributed by atoms with Crippen LogP contribution in [-0.4, -0.2) is 51.0 Å². The zero-order valence-electron chi connectivity index (χ0n) is 21.9. The molecule has 6 rings (SSSR count). The Morgan fingerprint density at radius 1 is 1.13 bits per heavy atom. The minimum absolute atomic E-state index is 0.179. The minimum Gasteiger partial charge on any atom is -0.490 e. The Balaban J connectivity index is 1.41. The lowest BCUT2D eigenvalue weighted by Crippen LogP contribution is -2.49. The Morgan fingerprint density at radius 2 is 2.00 bits per heavy atom. The molecule has 2 bridgehead atoms. The number of benzene rings is 2. The van der Waals surface area contributed by atoms with Gasteiger partial charge in [0.15, 0.2) is 0 Å². The van der Waals surface area contributed by atoms with Crippen molar-refractivity contribution in [1.29, 1.82) is 0 Å². The molecule has 2 N–H and O–H groups in total. The summed E-state index contributed by atoms with van der Waals surface area (Å²) in [6, 6.07) is 11.3. The maximum Gasteiger partial charge on any atom is 0.264 e. The van der Waals surface area contributed by atoms with E-state index in [0.29, 0.717) is 31.2 Å². The Hall–Kier alpha value is -2.55. The fourth-order valence-corrected chi connectivity index (χ4v) is 8.01. The fourth-order valence-electron chi connectivity index (χ4n) is 6.87. The molecule has 9 heteroatoms. The van der Waals surface area contributed by atoms with E-state index >= 15 is 0 Å². The van der Waals surface area contributed by atoms with E-state index in [1.807, 2.05) is 12.1 Å². The lowest BCUT2D eigenvalue weighted by atomic mass is 9.68. The van der Waals surface area contributed by atoms with Gasteiger partial charge in [0.05, 0.1) is 24.2 Å². The number of nitrogens with zero attached hydrogens (tertiary/aromatic N) is 1. The van der Waals surface area contributed by atoms with Crippen molar-refractivity contribution in [3.8, 4) is 5.75 Å². The van der Waals surface area contributed by atoms with E-state index in [9.17, 15) is 18.3 Å². The molecule has 2 aromatic carbocycles. The van der Waals surface area contributed by atoms with Crippen molar-refractivity contribution in [2.24, 2.45) is 11.8 Å². The summed E-state index contributed by atoms with van der Waals surface area (Å²) >= 11 is 6.36. The number of rotatable bonds is 0. The first kappa shape index (κ1) is 26.7. The van der Waals surface area contributed by atoms with Gasteiger partial charge in [-0.25, -0.2) is 13.1 Å². The average molecular weight is 571 g/mol. The van der Waals surface area contributed by atoms with Crippen LogP contribution in [0.25, 0.3) is 0 Å². The molecule has 1 fully saturated rings. The third-order valence-corrected chi connectivity index (χ3v) is 10.6. The zero-order chi connectivity index (χ0) is 27.2. The Labute approximate surface area is 235 Å². The van der Waals surface area contributed by atoms with Crippen LogP contribution in [0.4, 0.5) is 5.69 Å². The predicted octanol–water partition coefficient (Wildman–Crippen LogP) is 4.61. The smallest absolute Gasteiger partial charge is 0.264 e. The standard InChI is InChI=1S/C30H35ClN2O5S/c31-23-9-11-25-20(15-23)5-4-13-30(25)18-33-17-22-7-10-24(22)27(34)6-2-1-3-14-39(36,37)32-29(35)21-8-12-28(38-19-30)26(33)16-21/h1-2,8-9,11-12,15-16,22,24,27,34H,3-7,10,13-14,17-19H2,(H,32,35)/b2-1+/t22-,24+,27+,30-/m0/s1. The summed E-state index contributed by atoms with van der Waals surface area (Å²) in [5.41, 5.74) is 3.35. The van der Waals surface area contributed by atoms with Crippen LogP contribution >= 0.6 is 11.6 Å². The number of nitrogens with one attached hydrogen (secondary N) is 1. The number of aliphatic hydroxyl groups excluding tert-OH is 1. The summed E-state index contributed by atoms with van der Waals surface area (Å²) in [5, 5.41) is 11.7. The molecule has 0 radical (unpaired) electrons. The number of amides is 1. The number of hydrogen-bond acceptors (Lipinski definition) is 6. The van der Waals surface area contributed by atoms with Crippen molar-refractivity contribution in [2.45, 2.75) is 56.5 Å². The first-order valence-corrected chi connectivity index (χ1v) is 15.9. The second kappa shape index (κ2) is 10.5. The lowest BCUT2D eigenvalue weighted by Gasteiger charge is -2.45. The van der Waals surface area contributed by atoms with Crippen LogP contribution in [0.2, 0.25) is 5.02 Å². The number of carbonyl (C=O) groups excluding carboxylic acids is 1. The van der Waals surface area contributed by atoms with E-state index in [2.05, 4.69) is 21.8 Å². The van der Waals surface area contributed by atoms with Gasteiger partial charge in [0.25, 0.3) is 5.91 Å². The molecule has 1 amide bonds. The summed E-state index contributed by atoms with van der Waals surface area (Å²) < 4.78 is 33.9. The lowest BCUT2D eigenvalue weighted by molar-refractivity contribution is 0.0177. The highest BCUT2D eigenvalue weighted by atomic mass is 35.5. The van der Waals surface area contributed by atoms with Gasteiger partial charge in [0.1, 0.15) is 5.75 Å². The van der Waals surface area contributed by atoms with Crippen molar-refractivity contribution in [3.05, 3.63) is 70.3 Å².